The number of nitrogens with one attached hydrogen (secondary N) is 4. The van der Waals surface area contributed by atoms with Crippen LogP contribution in [0.25, 0.3) is 0 Å². The largest absolute Gasteiger partial charge is 0.484 e. The lowest BCUT2D eigenvalue weighted by molar-refractivity contribution is 0.0311. The molecule has 0 radical (unpaired) electrons. The van der Waals surface area contributed by atoms with E-state index in [1.54, 1.807) is 29.0 Å². The number of carbonyl (C=O) groups excluding carboxylic acids is 1. The van der Waals surface area contributed by atoms with E-state index >= 15 is 0 Å². The summed E-state index contributed by atoms with van der Waals surface area (Å²) < 4.78 is 13.6. The van der Waals surface area contributed by atoms with Crippen molar-refractivity contribution in [1.82, 2.24) is 20.1 Å². The van der Waals surface area contributed by atoms with Crippen LogP contribution in [0.2, 0.25) is 0 Å². The number of pyridine rings is 1. The number of amidine groups is 1. The number of nitrogens with zero attached hydrogens (tertiary/aromatic N) is 3. The maximum Gasteiger partial charge on any atom is 0.320 e. The summed E-state index contributed by atoms with van der Waals surface area (Å²) in [6.45, 7) is 12.8. The molecule has 1 saturated heterocycles. The van der Waals surface area contributed by atoms with Gasteiger partial charge in [0.1, 0.15) is 29.0 Å². The van der Waals surface area contributed by atoms with Crippen LogP contribution >= 0.6 is 0 Å². The molecule has 0 bridgehead atoms. The molecule has 3 aromatic rings. The molecule has 11 heteroatoms. The van der Waals surface area contributed by atoms with Gasteiger partial charge in [0, 0.05) is 30.3 Å². The predicted octanol–water partition coefficient (Wildman–Crippen LogP) is 5.70. The number of rotatable bonds is 7. The number of benzene rings is 2. The summed E-state index contributed by atoms with van der Waals surface area (Å²) >= 11 is 0. The van der Waals surface area contributed by atoms with Crippen LogP contribution in [-0.4, -0.2) is 59.5 Å². The van der Waals surface area contributed by atoms with E-state index in [-0.39, 0.29) is 35.1 Å². The third-order valence-corrected chi connectivity index (χ3v) is 8.87. The second kappa shape index (κ2) is 15.0. The highest BCUT2D eigenvalue weighted by atomic mass is 16.5. The Bertz CT molecular complexity index is 1730. The Morgan fingerprint density at radius 1 is 1.06 bits per heavy atom. The second-order valence-corrected chi connectivity index (χ2v) is 13.5. The summed E-state index contributed by atoms with van der Waals surface area (Å²) in [6, 6.07) is 18.4. The minimum Gasteiger partial charge on any atom is -0.484 e. The molecule has 6 N–H and O–H groups in total. The molecule has 5 rings (SSSR count). The van der Waals surface area contributed by atoms with Crippen LogP contribution < -0.4 is 26.6 Å². The number of amides is 2. The molecule has 1 aliphatic carbocycles. The second-order valence-electron chi connectivity index (χ2n) is 13.5. The summed E-state index contributed by atoms with van der Waals surface area (Å²) in [5.74, 6) is 1.25. The van der Waals surface area contributed by atoms with Crippen LogP contribution in [0.4, 0.5) is 10.5 Å². The average Bonchev–Trinajstić information content (AvgIpc) is 3.07. The highest BCUT2D eigenvalue weighted by molar-refractivity contribution is 6.05. The number of aryl methyl sites for hydroxylation is 1. The van der Waals surface area contributed by atoms with Crippen molar-refractivity contribution >= 4 is 23.4 Å². The molecule has 2 aliphatic rings. The van der Waals surface area contributed by atoms with Crippen molar-refractivity contribution in [1.29, 1.82) is 10.8 Å². The van der Waals surface area contributed by atoms with Gasteiger partial charge in [-0.3, -0.25) is 25.6 Å². The lowest BCUT2D eigenvalue weighted by Gasteiger charge is -2.33. The van der Waals surface area contributed by atoms with Crippen LogP contribution in [0.3, 0.4) is 0 Å². The molecular formula is C37H48N8O3. The molecule has 2 aromatic carbocycles. The first-order chi connectivity index (χ1) is 22.9. The lowest BCUT2D eigenvalue weighted by Crippen LogP contribution is -2.48. The van der Waals surface area contributed by atoms with E-state index < -0.39 is 0 Å². The maximum absolute atomic E-state index is 13.4. The van der Waals surface area contributed by atoms with E-state index in [9.17, 15) is 4.79 Å². The smallest absolute Gasteiger partial charge is 0.320 e. The number of morpholine rings is 1. The molecule has 48 heavy (non-hydrogen) atoms. The van der Waals surface area contributed by atoms with Gasteiger partial charge in [-0.15, -0.1) is 0 Å². The molecule has 1 fully saturated rings. The topological polar surface area (TPSA) is 154 Å². The van der Waals surface area contributed by atoms with Gasteiger partial charge in [0.2, 0.25) is 0 Å². The van der Waals surface area contributed by atoms with E-state index in [2.05, 4.69) is 20.5 Å². The zero-order chi connectivity index (χ0) is 34.4. The Labute approximate surface area is 282 Å². The Morgan fingerprint density at radius 2 is 1.75 bits per heavy atom. The Balaban J connectivity index is 1.31. The number of hydrogen-bond acceptors (Lipinski definition) is 8. The number of carbonyl (C=O) groups is 1. The predicted molar refractivity (Wildman–Crippen MR) is 189 cm³/mol. The molecule has 1 aliphatic heterocycles. The van der Waals surface area contributed by atoms with Gasteiger partial charge >= 0.3 is 6.03 Å². The SMILES string of the molecule is Cc1ccc(N=C(/C=C(\N)C(C)(C)C)NC(=O)N[C@H]2CC[C@@H](Oc3ccc(=N)n(C(=N)[C@H](C)N4CCOCC4)c3)c3ccccc32)cc1. The summed E-state index contributed by atoms with van der Waals surface area (Å²) in [6.07, 6.45) is 4.50. The molecule has 0 spiro atoms. The number of urea groups is 1. The third-order valence-electron chi connectivity index (χ3n) is 8.87. The number of allylic oxidation sites excluding steroid dienone is 1. The number of hydrogen-bond donors (Lipinski definition) is 5. The van der Waals surface area contributed by atoms with Crippen molar-refractivity contribution in [2.75, 3.05) is 26.3 Å². The fraction of sp³-hybridized carbons (Fsp3) is 0.405. The van der Waals surface area contributed by atoms with Gasteiger partial charge in [-0.05, 0) is 62.1 Å². The molecule has 11 nitrogen and oxygen atoms in total. The van der Waals surface area contributed by atoms with E-state index in [0.29, 0.717) is 54.9 Å². The van der Waals surface area contributed by atoms with Crippen molar-refractivity contribution in [3.63, 3.8) is 0 Å². The first kappa shape index (κ1) is 34.6. The van der Waals surface area contributed by atoms with Crippen LogP contribution in [0, 0.1) is 23.2 Å². The number of nitrogens with two attached hydrogens (primary N) is 1. The van der Waals surface area contributed by atoms with Crippen molar-refractivity contribution in [3.8, 4) is 5.75 Å². The summed E-state index contributed by atoms with van der Waals surface area (Å²) in [5, 5.41) is 23.4. The summed E-state index contributed by atoms with van der Waals surface area (Å²) in [4.78, 5) is 20.3. The van der Waals surface area contributed by atoms with Crippen molar-refractivity contribution in [3.05, 3.63) is 101 Å². The molecule has 254 valence electrons. The number of aromatic nitrogens is 1. The summed E-state index contributed by atoms with van der Waals surface area (Å²) in [7, 11) is 0. The van der Waals surface area contributed by atoms with Crippen molar-refractivity contribution < 1.29 is 14.3 Å². The number of ether oxygens (including phenoxy) is 2. The molecule has 0 unspecified atom stereocenters. The molecule has 2 amide bonds. The van der Waals surface area contributed by atoms with E-state index in [1.165, 1.54) is 0 Å². The minimum atomic E-state index is -0.377. The molecule has 1 aromatic heterocycles. The van der Waals surface area contributed by atoms with Gasteiger partial charge in [-0.25, -0.2) is 9.79 Å². The van der Waals surface area contributed by atoms with Crippen LogP contribution in [0.5, 0.6) is 5.75 Å². The molecule has 2 heterocycles. The quantitative estimate of drug-likeness (QED) is 0.164. The van der Waals surface area contributed by atoms with Crippen molar-refractivity contribution in [2.24, 2.45) is 16.1 Å². The van der Waals surface area contributed by atoms with Gasteiger partial charge in [0.05, 0.1) is 37.2 Å². The highest BCUT2D eigenvalue weighted by Gasteiger charge is 2.30. The monoisotopic (exact) mass is 652 g/mol. The fourth-order valence-electron chi connectivity index (χ4n) is 5.81. The van der Waals surface area contributed by atoms with E-state index in [1.807, 2.05) is 83.1 Å². The van der Waals surface area contributed by atoms with Gasteiger partial charge in [-0.2, -0.15) is 0 Å². The van der Waals surface area contributed by atoms with Crippen LogP contribution in [-0.2, 0) is 4.74 Å². The van der Waals surface area contributed by atoms with E-state index in [4.69, 9.17) is 26.0 Å². The van der Waals surface area contributed by atoms with Crippen LogP contribution in [0.1, 0.15) is 69.4 Å². The minimum absolute atomic E-state index is 0.172. The number of aliphatic imine (C=N–C) groups is 1. The Kier molecular flexibility index (Phi) is 10.8. The van der Waals surface area contributed by atoms with Crippen LogP contribution in [0.15, 0.2) is 83.6 Å². The Hall–Kier alpha value is -4.74. The highest BCUT2D eigenvalue weighted by Crippen LogP contribution is 2.38. The van der Waals surface area contributed by atoms with E-state index in [0.717, 1.165) is 29.8 Å². The molecular weight excluding hydrogens is 604 g/mol. The number of fused-ring (bicyclic) bond motifs is 1. The fourth-order valence-corrected chi connectivity index (χ4v) is 5.81. The van der Waals surface area contributed by atoms with Gasteiger partial charge in [0.15, 0.2) is 0 Å². The standard InChI is InChI=1S/C37H48N8O3/c1-24-10-12-26(13-11-24)41-34(22-32(38)37(3,4)5)43-36(46)42-30-15-16-31(29-9-7-6-8-28(29)30)48-27-14-17-33(39)45(23-27)35(40)25(2)44-18-20-47-21-19-44/h6-14,17,22-23,25,30-31,39-40H,15-16,18-21,38H2,1-5H3,(H2,41,42,43,46)/b32-22-,39-33?,40-35?/t25-,30-,31+/m0/s1. The van der Waals surface area contributed by atoms with Gasteiger partial charge in [-0.1, -0.05) is 62.7 Å². The lowest BCUT2D eigenvalue weighted by atomic mass is 9.85. The van der Waals surface area contributed by atoms with Gasteiger partial charge in [0.25, 0.3) is 0 Å². The van der Waals surface area contributed by atoms with Crippen molar-refractivity contribution in [2.45, 2.75) is 65.6 Å². The first-order valence-electron chi connectivity index (χ1n) is 16.5. The van der Waals surface area contributed by atoms with Gasteiger partial charge < -0.3 is 20.5 Å². The average molecular weight is 653 g/mol. The zero-order valence-corrected chi connectivity index (χ0v) is 28.5. The normalized spacial score (nSPS) is 19.6. The maximum atomic E-state index is 13.4. The summed E-state index contributed by atoms with van der Waals surface area (Å²) in [5.41, 5.74) is 10.7. The first-order valence-corrected chi connectivity index (χ1v) is 16.5. The Morgan fingerprint density at radius 3 is 2.44 bits per heavy atom. The zero-order valence-electron chi connectivity index (χ0n) is 28.5. The molecule has 0 saturated carbocycles. The molecule has 3 atom stereocenters. The third kappa shape index (κ3) is 8.59.